The standard InChI is InChI=1S/C28H43N3O6/c1-17-24(32)30-21-16-19-18(15-23(21)35-17)11-10-13-22(19)31(26(34)37-28(5,6)7)14-9-8-12-20(29)25(33)36-27(2,3)4/h15-17,20,22H,8-14,29H2,1-7H3,(H,30,32). The summed E-state index contributed by atoms with van der Waals surface area (Å²) >= 11 is 0. The number of hydrogen-bond acceptors (Lipinski definition) is 7. The minimum atomic E-state index is -0.706. The molecule has 1 aromatic carbocycles. The molecule has 1 aliphatic heterocycles. The van der Waals surface area contributed by atoms with Crippen LogP contribution < -0.4 is 15.8 Å². The van der Waals surface area contributed by atoms with E-state index in [9.17, 15) is 14.4 Å². The van der Waals surface area contributed by atoms with Crippen molar-refractivity contribution in [2.75, 3.05) is 11.9 Å². The number of esters is 1. The van der Waals surface area contributed by atoms with Crippen LogP contribution in [0.3, 0.4) is 0 Å². The van der Waals surface area contributed by atoms with Crippen LogP contribution in [0.4, 0.5) is 10.5 Å². The minimum Gasteiger partial charge on any atom is -0.479 e. The lowest BCUT2D eigenvalue weighted by Crippen LogP contribution is -2.41. The lowest BCUT2D eigenvalue weighted by molar-refractivity contribution is -0.156. The molecule has 0 saturated heterocycles. The molecule has 1 aliphatic carbocycles. The zero-order chi connectivity index (χ0) is 27.5. The molecule has 3 N–H and O–H groups in total. The van der Waals surface area contributed by atoms with Crippen molar-refractivity contribution >= 4 is 23.7 Å². The first-order valence-electron chi connectivity index (χ1n) is 13.3. The topological polar surface area (TPSA) is 120 Å². The third kappa shape index (κ3) is 7.84. The molecule has 0 spiro atoms. The smallest absolute Gasteiger partial charge is 0.410 e. The summed E-state index contributed by atoms with van der Waals surface area (Å²) in [4.78, 5) is 39.6. The van der Waals surface area contributed by atoms with Crippen LogP contribution in [0.2, 0.25) is 0 Å². The van der Waals surface area contributed by atoms with Gasteiger partial charge in [-0.1, -0.05) is 0 Å². The van der Waals surface area contributed by atoms with Crippen molar-refractivity contribution in [1.29, 1.82) is 0 Å². The Morgan fingerprint density at radius 2 is 1.81 bits per heavy atom. The van der Waals surface area contributed by atoms with Crippen LogP contribution in [0.1, 0.15) is 97.7 Å². The number of anilines is 1. The van der Waals surface area contributed by atoms with E-state index in [0.29, 0.717) is 37.2 Å². The number of nitrogens with two attached hydrogens (primary N) is 1. The molecular formula is C28H43N3O6. The fourth-order valence-corrected chi connectivity index (χ4v) is 4.64. The van der Waals surface area contributed by atoms with E-state index in [1.165, 1.54) is 0 Å². The quantitative estimate of drug-likeness (QED) is 0.391. The first kappa shape index (κ1) is 28.8. The van der Waals surface area contributed by atoms with Crippen LogP contribution in [0.25, 0.3) is 0 Å². The Labute approximate surface area is 220 Å². The number of unbranched alkanes of at least 4 members (excludes halogenated alkanes) is 1. The van der Waals surface area contributed by atoms with Gasteiger partial charge in [-0.3, -0.25) is 9.59 Å². The summed E-state index contributed by atoms with van der Waals surface area (Å²) in [6.45, 7) is 13.2. The number of amides is 2. The van der Waals surface area contributed by atoms with Crippen LogP contribution in [0, 0.1) is 0 Å². The maximum atomic E-state index is 13.4. The van der Waals surface area contributed by atoms with Gasteiger partial charge in [0.2, 0.25) is 0 Å². The number of carbonyl (C=O) groups is 3. The summed E-state index contributed by atoms with van der Waals surface area (Å²) in [6, 6.07) is 3.02. The molecule has 0 bridgehead atoms. The van der Waals surface area contributed by atoms with E-state index in [1.54, 1.807) is 11.8 Å². The largest absolute Gasteiger partial charge is 0.479 e. The van der Waals surface area contributed by atoms with Crippen molar-refractivity contribution in [2.45, 2.75) is 116 Å². The van der Waals surface area contributed by atoms with Gasteiger partial charge in [0, 0.05) is 6.54 Å². The van der Waals surface area contributed by atoms with Crippen LogP contribution in [0.15, 0.2) is 12.1 Å². The van der Waals surface area contributed by atoms with Gasteiger partial charge in [-0.25, -0.2) is 4.79 Å². The second-order valence-corrected chi connectivity index (χ2v) is 12.0. The number of aryl methyl sites for hydroxylation is 1. The Kier molecular flexibility index (Phi) is 8.78. The molecule has 1 aromatic rings. The van der Waals surface area contributed by atoms with Gasteiger partial charge in [0.05, 0.1) is 11.7 Å². The third-order valence-electron chi connectivity index (χ3n) is 6.33. The highest BCUT2D eigenvalue weighted by Crippen LogP contribution is 2.41. The SMILES string of the molecule is CC1Oc2cc3c(cc2NC1=O)C(N(CCCCC(N)C(=O)OC(C)(C)C)C(=O)OC(C)(C)C)CCC3. The monoisotopic (exact) mass is 517 g/mol. The Morgan fingerprint density at radius 3 is 2.46 bits per heavy atom. The molecule has 0 fully saturated rings. The highest BCUT2D eigenvalue weighted by atomic mass is 16.6. The predicted molar refractivity (Wildman–Crippen MR) is 141 cm³/mol. The number of ether oxygens (including phenoxy) is 3. The molecule has 0 aromatic heterocycles. The minimum absolute atomic E-state index is 0.190. The normalized spacial score (nSPS) is 20.1. The van der Waals surface area contributed by atoms with E-state index in [2.05, 4.69) is 5.32 Å². The molecule has 9 heteroatoms. The summed E-state index contributed by atoms with van der Waals surface area (Å²) in [5.74, 6) is 0.0534. The van der Waals surface area contributed by atoms with Crippen molar-refractivity contribution in [3.05, 3.63) is 23.3 Å². The van der Waals surface area contributed by atoms with Gasteiger partial charge in [-0.05, 0) is 110 Å². The average Bonchev–Trinajstić information content (AvgIpc) is 2.76. The molecule has 0 radical (unpaired) electrons. The van der Waals surface area contributed by atoms with Crippen LogP contribution in [0.5, 0.6) is 5.75 Å². The molecule has 3 unspecified atom stereocenters. The lowest BCUT2D eigenvalue weighted by atomic mass is 9.85. The summed E-state index contributed by atoms with van der Waals surface area (Å²) in [5, 5.41) is 2.92. The Balaban J connectivity index is 1.76. The van der Waals surface area contributed by atoms with Crippen molar-refractivity contribution < 1.29 is 28.6 Å². The molecule has 2 aliphatic rings. The Hall–Kier alpha value is -2.81. The van der Waals surface area contributed by atoms with Gasteiger partial charge in [-0.15, -0.1) is 0 Å². The van der Waals surface area contributed by atoms with Crippen molar-refractivity contribution in [2.24, 2.45) is 5.73 Å². The zero-order valence-corrected chi connectivity index (χ0v) is 23.3. The zero-order valence-electron chi connectivity index (χ0n) is 23.3. The second-order valence-electron chi connectivity index (χ2n) is 12.0. The number of benzene rings is 1. The molecule has 3 atom stereocenters. The van der Waals surface area contributed by atoms with E-state index >= 15 is 0 Å². The number of carbonyl (C=O) groups excluding carboxylic acids is 3. The van der Waals surface area contributed by atoms with Crippen LogP contribution in [-0.4, -0.2) is 52.8 Å². The van der Waals surface area contributed by atoms with E-state index < -0.39 is 29.3 Å². The Morgan fingerprint density at radius 1 is 1.14 bits per heavy atom. The van der Waals surface area contributed by atoms with E-state index in [4.69, 9.17) is 19.9 Å². The first-order chi connectivity index (χ1) is 17.1. The van der Waals surface area contributed by atoms with Gasteiger partial charge in [0.1, 0.15) is 23.0 Å². The molecule has 9 nitrogen and oxygen atoms in total. The van der Waals surface area contributed by atoms with E-state index in [-0.39, 0.29) is 18.0 Å². The van der Waals surface area contributed by atoms with Crippen molar-refractivity contribution in [1.82, 2.24) is 4.90 Å². The number of nitrogens with one attached hydrogen (secondary N) is 1. The maximum absolute atomic E-state index is 13.4. The summed E-state index contributed by atoms with van der Waals surface area (Å²) in [6.07, 6.45) is 3.43. The molecule has 1 heterocycles. The van der Waals surface area contributed by atoms with Crippen molar-refractivity contribution in [3.63, 3.8) is 0 Å². The number of hydrogen-bond donors (Lipinski definition) is 2. The third-order valence-corrected chi connectivity index (χ3v) is 6.33. The fraction of sp³-hybridized carbons (Fsp3) is 0.679. The molecule has 2 amide bonds. The molecule has 0 saturated carbocycles. The summed E-state index contributed by atoms with van der Waals surface area (Å²) < 4.78 is 17.0. The number of rotatable bonds is 7. The second kappa shape index (κ2) is 11.3. The Bertz CT molecular complexity index is 1010. The lowest BCUT2D eigenvalue weighted by Gasteiger charge is -2.38. The summed E-state index contributed by atoms with van der Waals surface area (Å²) in [7, 11) is 0. The van der Waals surface area contributed by atoms with Gasteiger partial charge in [-0.2, -0.15) is 0 Å². The number of nitrogens with zero attached hydrogens (tertiary/aromatic N) is 1. The molecule has 206 valence electrons. The fourth-order valence-electron chi connectivity index (χ4n) is 4.64. The predicted octanol–water partition coefficient (Wildman–Crippen LogP) is 4.86. The highest BCUT2D eigenvalue weighted by Gasteiger charge is 2.34. The number of fused-ring (bicyclic) bond motifs is 2. The first-order valence-corrected chi connectivity index (χ1v) is 13.3. The van der Waals surface area contributed by atoms with Gasteiger partial charge < -0.3 is 30.2 Å². The van der Waals surface area contributed by atoms with Gasteiger partial charge >= 0.3 is 12.1 Å². The van der Waals surface area contributed by atoms with E-state index in [1.807, 2.05) is 53.7 Å². The maximum Gasteiger partial charge on any atom is 0.410 e. The van der Waals surface area contributed by atoms with Crippen LogP contribution >= 0.6 is 0 Å². The van der Waals surface area contributed by atoms with Gasteiger partial charge in [0.15, 0.2) is 6.10 Å². The van der Waals surface area contributed by atoms with E-state index in [0.717, 1.165) is 30.4 Å². The highest BCUT2D eigenvalue weighted by molar-refractivity contribution is 5.97. The van der Waals surface area contributed by atoms with Gasteiger partial charge in [0.25, 0.3) is 5.91 Å². The molecule has 37 heavy (non-hydrogen) atoms. The summed E-state index contributed by atoms with van der Waals surface area (Å²) in [5.41, 5.74) is 7.56. The van der Waals surface area contributed by atoms with Crippen LogP contribution in [-0.2, 0) is 25.5 Å². The van der Waals surface area contributed by atoms with Crippen molar-refractivity contribution in [3.8, 4) is 5.75 Å². The average molecular weight is 518 g/mol. The molecule has 3 rings (SSSR count). The molecular weight excluding hydrogens is 474 g/mol.